The lowest BCUT2D eigenvalue weighted by molar-refractivity contribution is -0.122. The van der Waals surface area contributed by atoms with E-state index in [-0.39, 0.29) is 30.9 Å². The highest BCUT2D eigenvalue weighted by Crippen LogP contribution is 2.16. The lowest BCUT2D eigenvalue weighted by Gasteiger charge is -2.14. The van der Waals surface area contributed by atoms with Gasteiger partial charge in [-0.25, -0.2) is 4.98 Å². The molecule has 2 aromatic carbocycles. The second kappa shape index (κ2) is 8.69. The predicted octanol–water partition coefficient (Wildman–Crippen LogP) is 3.19. The van der Waals surface area contributed by atoms with Crippen molar-refractivity contribution in [1.29, 1.82) is 0 Å². The molecule has 0 fully saturated rings. The summed E-state index contributed by atoms with van der Waals surface area (Å²) < 4.78 is 1.87. The van der Waals surface area contributed by atoms with Gasteiger partial charge in [0.1, 0.15) is 12.4 Å². The van der Waals surface area contributed by atoms with Crippen molar-refractivity contribution in [2.45, 2.75) is 46.3 Å². The van der Waals surface area contributed by atoms with Gasteiger partial charge in [0.25, 0.3) is 5.91 Å². The highest BCUT2D eigenvalue weighted by molar-refractivity contribution is 5.95. The first kappa shape index (κ1) is 19.6. The zero-order chi connectivity index (χ0) is 20.1. The number of carbonyl (C=O) groups excluding carboxylic acids is 2. The molecule has 3 aromatic rings. The number of aromatic nitrogens is 2. The summed E-state index contributed by atoms with van der Waals surface area (Å²) in [7, 11) is 0. The average molecular weight is 378 g/mol. The van der Waals surface area contributed by atoms with E-state index in [0.717, 1.165) is 23.0 Å². The van der Waals surface area contributed by atoms with E-state index >= 15 is 0 Å². The molecule has 1 unspecified atom stereocenters. The van der Waals surface area contributed by atoms with E-state index in [1.807, 2.05) is 67.8 Å². The molecule has 2 amide bonds. The molecule has 6 nitrogen and oxygen atoms in total. The number of imidazole rings is 1. The van der Waals surface area contributed by atoms with Gasteiger partial charge in [-0.2, -0.15) is 0 Å². The molecule has 0 bridgehead atoms. The Morgan fingerprint density at radius 2 is 1.82 bits per heavy atom. The fourth-order valence-corrected chi connectivity index (χ4v) is 3.09. The smallest absolute Gasteiger partial charge is 0.251 e. The molecule has 1 atom stereocenters. The number of nitrogens with one attached hydrogen (secondary N) is 2. The van der Waals surface area contributed by atoms with Crippen LogP contribution in [0.5, 0.6) is 0 Å². The highest BCUT2D eigenvalue weighted by atomic mass is 16.2. The van der Waals surface area contributed by atoms with Crippen molar-refractivity contribution in [2.24, 2.45) is 0 Å². The minimum Gasteiger partial charge on any atom is -0.352 e. The standard InChI is InChI=1S/C22H26N4O2/c1-4-16(3)24-21(27)14-26-19-12-8-7-11-18(19)25-20(26)13-23-22(28)17-10-6-5-9-15(17)2/h5-12,16H,4,13-14H2,1-3H3,(H,23,28)(H,24,27). The van der Waals surface area contributed by atoms with Crippen molar-refractivity contribution in [1.82, 2.24) is 20.2 Å². The fraction of sp³-hybridized carbons (Fsp3) is 0.318. The van der Waals surface area contributed by atoms with Crippen LogP contribution in [0.2, 0.25) is 0 Å². The maximum atomic E-state index is 12.5. The predicted molar refractivity (Wildman–Crippen MR) is 110 cm³/mol. The maximum Gasteiger partial charge on any atom is 0.251 e. The van der Waals surface area contributed by atoms with Gasteiger partial charge in [-0.05, 0) is 44.0 Å². The molecule has 2 N–H and O–H groups in total. The molecule has 6 heteroatoms. The Kier molecular flexibility index (Phi) is 6.09. The van der Waals surface area contributed by atoms with Crippen LogP contribution in [0.4, 0.5) is 0 Å². The molecule has 0 saturated carbocycles. The Bertz CT molecular complexity index is 993. The van der Waals surface area contributed by atoms with Crippen LogP contribution in [0.1, 0.15) is 42.0 Å². The molecule has 3 rings (SSSR count). The molecule has 146 valence electrons. The largest absolute Gasteiger partial charge is 0.352 e. The van der Waals surface area contributed by atoms with E-state index in [4.69, 9.17) is 0 Å². The molecule has 0 aliphatic rings. The van der Waals surface area contributed by atoms with E-state index in [0.29, 0.717) is 11.4 Å². The number of fused-ring (bicyclic) bond motifs is 1. The number of carbonyl (C=O) groups is 2. The van der Waals surface area contributed by atoms with Gasteiger partial charge in [0.15, 0.2) is 0 Å². The number of nitrogens with zero attached hydrogens (tertiary/aromatic N) is 2. The maximum absolute atomic E-state index is 12.5. The number of hydrogen-bond acceptors (Lipinski definition) is 3. The van der Waals surface area contributed by atoms with Crippen molar-refractivity contribution in [3.63, 3.8) is 0 Å². The summed E-state index contributed by atoms with van der Waals surface area (Å²) in [6, 6.07) is 15.2. The van der Waals surface area contributed by atoms with Gasteiger partial charge in [-0.1, -0.05) is 37.3 Å². The number of benzene rings is 2. The normalized spacial score (nSPS) is 12.0. The van der Waals surface area contributed by atoms with Gasteiger partial charge in [-0.15, -0.1) is 0 Å². The summed E-state index contributed by atoms with van der Waals surface area (Å²) in [5.41, 5.74) is 3.24. The fourth-order valence-electron chi connectivity index (χ4n) is 3.09. The number of amides is 2. The zero-order valence-corrected chi connectivity index (χ0v) is 16.5. The molecule has 28 heavy (non-hydrogen) atoms. The third-order valence-electron chi connectivity index (χ3n) is 4.85. The second-order valence-corrected chi connectivity index (χ2v) is 6.98. The van der Waals surface area contributed by atoms with Crippen LogP contribution in [0.3, 0.4) is 0 Å². The lowest BCUT2D eigenvalue weighted by Crippen LogP contribution is -2.35. The quantitative estimate of drug-likeness (QED) is 0.663. The molecular formula is C22H26N4O2. The molecule has 0 radical (unpaired) electrons. The van der Waals surface area contributed by atoms with Gasteiger partial charge < -0.3 is 15.2 Å². The summed E-state index contributed by atoms with van der Waals surface area (Å²) in [6.07, 6.45) is 0.871. The molecule has 0 aliphatic heterocycles. The van der Waals surface area contributed by atoms with Gasteiger partial charge in [0.2, 0.25) is 5.91 Å². The lowest BCUT2D eigenvalue weighted by atomic mass is 10.1. The Morgan fingerprint density at radius 1 is 1.11 bits per heavy atom. The first-order valence-electron chi connectivity index (χ1n) is 9.57. The van der Waals surface area contributed by atoms with Crippen LogP contribution in [0, 0.1) is 6.92 Å². The second-order valence-electron chi connectivity index (χ2n) is 6.98. The van der Waals surface area contributed by atoms with Crippen LogP contribution < -0.4 is 10.6 Å². The van der Waals surface area contributed by atoms with E-state index in [2.05, 4.69) is 15.6 Å². The molecule has 0 spiro atoms. The average Bonchev–Trinajstić information content (AvgIpc) is 3.03. The van der Waals surface area contributed by atoms with Gasteiger partial charge >= 0.3 is 0 Å². The number of para-hydroxylation sites is 2. The van der Waals surface area contributed by atoms with E-state index in [9.17, 15) is 9.59 Å². The summed E-state index contributed by atoms with van der Waals surface area (Å²) in [6.45, 7) is 6.33. The Balaban J connectivity index is 1.81. The third kappa shape index (κ3) is 4.39. The topological polar surface area (TPSA) is 76.0 Å². The number of rotatable bonds is 7. The number of hydrogen-bond donors (Lipinski definition) is 2. The summed E-state index contributed by atoms with van der Waals surface area (Å²) in [5, 5.41) is 5.91. The van der Waals surface area contributed by atoms with Crippen LogP contribution >= 0.6 is 0 Å². The van der Waals surface area contributed by atoms with E-state index in [1.165, 1.54) is 0 Å². The first-order chi connectivity index (χ1) is 13.5. The van der Waals surface area contributed by atoms with Crippen LogP contribution in [-0.4, -0.2) is 27.4 Å². The molecule has 0 saturated heterocycles. The summed E-state index contributed by atoms with van der Waals surface area (Å²) in [4.78, 5) is 29.6. The van der Waals surface area contributed by atoms with E-state index < -0.39 is 0 Å². The van der Waals surface area contributed by atoms with Crippen molar-refractivity contribution in [3.05, 3.63) is 65.5 Å². The van der Waals surface area contributed by atoms with Crippen LogP contribution in [0.15, 0.2) is 48.5 Å². The molecule has 1 heterocycles. The third-order valence-corrected chi connectivity index (χ3v) is 4.85. The zero-order valence-electron chi connectivity index (χ0n) is 16.5. The highest BCUT2D eigenvalue weighted by Gasteiger charge is 2.16. The SMILES string of the molecule is CCC(C)NC(=O)Cn1c(CNC(=O)c2ccccc2C)nc2ccccc21. The molecule has 1 aromatic heterocycles. The minimum absolute atomic E-state index is 0.0658. The summed E-state index contributed by atoms with van der Waals surface area (Å²) >= 11 is 0. The Morgan fingerprint density at radius 3 is 2.57 bits per heavy atom. The van der Waals surface area contributed by atoms with Crippen molar-refractivity contribution in [3.8, 4) is 0 Å². The minimum atomic E-state index is -0.152. The van der Waals surface area contributed by atoms with Crippen molar-refractivity contribution >= 4 is 22.8 Å². The summed E-state index contributed by atoms with van der Waals surface area (Å²) in [5.74, 6) is 0.437. The Hall–Kier alpha value is -3.15. The van der Waals surface area contributed by atoms with Gasteiger partial charge in [0, 0.05) is 11.6 Å². The first-order valence-corrected chi connectivity index (χ1v) is 9.57. The monoisotopic (exact) mass is 378 g/mol. The Labute approximate surface area is 165 Å². The van der Waals surface area contributed by atoms with Crippen molar-refractivity contribution in [2.75, 3.05) is 0 Å². The molecule has 0 aliphatic carbocycles. The van der Waals surface area contributed by atoms with Crippen molar-refractivity contribution < 1.29 is 9.59 Å². The van der Waals surface area contributed by atoms with Crippen LogP contribution in [0.25, 0.3) is 11.0 Å². The molecular weight excluding hydrogens is 352 g/mol. The van der Waals surface area contributed by atoms with Gasteiger partial charge in [0.05, 0.1) is 17.6 Å². The van der Waals surface area contributed by atoms with E-state index in [1.54, 1.807) is 6.07 Å². The van der Waals surface area contributed by atoms with Crippen LogP contribution in [-0.2, 0) is 17.9 Å². The number of aryl methyl sites for hydroxylation is 1. The van der Waals surface area contributed by atoms with Gasteiger partial charge in [-0.3, -0.25) is 9.59 Å².